The standard InChI is InChI=1S/C17H25NO/c1-7-17(4,5)18(6)10-11-19-13-16-9-8-14(2)15(3)12-16/h1,8-9,12H,10-11,13H2,2-6H3. The van der Waals surface area contributed by atoms with Gasteiger partial charge in [0.1, 0.15) is 0 Å². The molecule has 0 aliphatic heterocycles. The minimum atomic E-state index is -0.218. The van der Waals surface area contributed by atoms with Gasteiger partial charge in [-0.25, -0.2) is 0 Å². The highest BCUT2D eigenvalue weighted by Crippen LogP contribution is 2.12. The molecule has 0 bridgehead atoms. The van der Waals surface area contributed by atoms with E-state index in [1.54, 1.807) is 0 Å². The van der Waals surface area contributed by atoms with E-state index in [0.29, 0.717) is 13.2 Å². The van der Waals surface area contributed by atoms with Crippen molar-refractivity contribution in [2.75, 3.05) is 20.2 Å². The van der Waals surface area contributed by atoms with Crippen molar-refractivity contribution < 1.29 is 4.74 Å². The molecule has 0 saturated carbocycles. The maximum Gasteiger partial charge on any atom is 0.0764 e. The van der Waals surface area contributed by atoms with Crippen molar-refractivity contribution in [3.8, 4) is 12.3 Å². The first-order chi connectivity index (χ1) is 8.86. The molecule has 0 heterocycles. The van der Waals surface area contributed by atoms with E-state index in [9.17, 15) is 0 Å². The monoisotopic (exact) mass is 259 g/mol. The third kappa shape index (κ3) is 4.70. The Kier molecular flexibility index (Phi) is 5.60. The lowest BCUT2D eigenvalue weighted by Gasteiger charge is -2.30. The molecule has 0 radical (unpaired) electrons. The molecule has 2 heteroatoms. The van der Waals surface area contributed by atoms with Crippen LogP contribution in [0.4, 0.5) is 0 Å². The maximum absolute atomic E-state index is 5.71. The highest BCUT2D eigenvalue weighted by Gasteiger charge is 2.19. The lowest BCUT2D eigenvalue weighted by atomic mass is 10.1. The third-order valence-electron chi connectivity index (χ3n) is 3.72. The average molecular weight is 259 g/mol. The number of benzene rings is 1. The fraction of sp³-hybridized carbons (Fsp3) is 0.529. The number of rotatable bonds is 6. The molecule has 0 spiro atoms. The molecule has 0 atom stereocenters. The maximum atomic E-state index is 5.71. The Labute approximate surface area is 117 Å². The molecule has 2 nitrogen and oxygen atoms in total. The van der Waals surface area contributed by atoms with Crippen LogP contribution in [0.25, 0.3) is 0 Å². The van der Waals surface area contributed by atoms with Gasteiger partial charge in [0, 0.05) is 6.54 Å². The van der Waals surface area contributed by atoms with Crippen LogP contribution < -0.4 is 0 Å². The van der Waals surface area contributed by atoms with Gasteiger partial charge in [0.05, 0.1) is 18.8 Å². The second-order valence-electron chi connectivity index (χ2n) is 5.60. The van der Waals surface area contributed by atoms with E-state index in [1.807, 2.05) is 20.9 Å². The van der Waals surface area contributed by atoms with E-state index in [1.165, 1.54) is 16.7 Å². The molecular formula is C17H25NO. The van der Waals surface area contributed by atoms with Crippen LogP contribution in [0.2, 0.25) is 0 Å². The van der Waals surface area contributed by atoms with Gasteiger partial charge in [-0.3, -0.25) is 4.90 Å². The minimum absolute atomic E-state index is 0.218. The van der Waals surface area contributed by atoms with E-state index in [-0.39, 0.29) is 5.54 Å². The molecule has 0 aliphatic carbocycles. The van der Waals surface area contributed by atoms with E-state index in [0.717, 1.165) is 6.54 Å². The molecule has 1 aromatic carbocycles. The highest BCUT2D eigenvalue weighted by atomic mass is 16.5. The predicted molar refractivity (Wildman–Crippen MR) is 81.1 cm³/mol. The number of ether oxygens (including phenoxy) is 1. The smallest absolute Gasteiger partial charge is 0.0764 e. The Hall–Kier alpha value is -1.30. The predicted octanol–water partition coefficient (Wildman–Crippen LogP) is 3.16. The molecule has 104 valence electrons. The van der Waals surface area contributed by atoms with E-state index in [2.05, 4.69) is 42.9 Å². The van der Waals surface area contributed by atoms with Crippen LogP contribution in [0, 0.1) is 26.2 Å². The second kappa shape index (κ2) is 6.75. The van der Waals surface area contributed by atoms with Gasteiger partial charge in [0.15, 0.2) is 0 Å². The first kappa shape index (κ1) is 15.8. The van der Waals surface area contributed by atoms with Crippen LogP contribution in [0.1, 0.15) is 30.5 Å². The Morgan fingerprint density at radius 2 is 1.95 bits per heavy atom. The molecular weight excluding hydrogens is 234 g/mol. The number of likely N-dealkylation sites (N-methyl/N-ethyl adjacent to an activating group) is 1. The van der Waals surface area contributed by atoms with Gasteiger partial charge in [0.25, 0.3) is 0 Å². The summed E-state index contributed by atoms with van der Waals surface area (Å²) in [4.78, 5) is 2.13. The zero-order chi connectivity index (χ0) is 14.5. The molecule has 0 amide bonds. The molecule has 0 N–H and O–H groups in total. The summed E-state index contributed by atoms with van der Waals surface area (Å²) in [6.07, 6.45) is 5.50. The zero-order valence-electron chi connectivity index (χ0n) is 12.8. The lowest BCUT2D eigenvalue weighted by Crippen LogP contribution is -2.41. The number of hydrogen-bond donors (Lipinski definition) is 0. The van der Waals surface area contributed by atoms with Crippen LogP contribution in [-0.2, 0) is 11.3 Å². The Balaban J connectivity index is 2.35. The second-order valence-corrected chi connectivity index (χ2v) is 5.60. The lowest BCUT2D eigenvalue weighted by molar-refractivity contribution is 0.0815. The minimum Gasteiger partial charge on any atom is -0.375 e. The summed E-state index contributed by atoms with van der Waals surface area (Å²) >= 11 is 0. The molecule has 0 aromatic heterocycles. The summed E-state index contributed by atoms with van der Waals surface area (Å²) in [5.74, 6) is 2.78. The van der Waals surface area contributed by atoms with Crippen molar-refractivity contribution in [3.63, 3.8) is 0 Å². The molecule has 1 aromatic rings. The van der Waals surface area contributed by atoms with Crippen LogP contribution in [0.15, 0.2) is 18.2 Å². The van der Waals surface area contributed by atoms with Crippen molar-refractivity contribution in [1.82, 2.24) is 4.90 Å². The summed E-state index contributed by atoms with van der Waals surface area (Å²) < 4.78 is 5.71. The fourth-order valence-electron chi connectivity index (χ4n) is 1.67. The summed E-state index contributed by atoms with van der Waals surface area (Å²) in [6.45, 7) is 10.5. The van der Waals surface area contributed by atoms with Gasteiger partial charge in [-0.2, -0.15) is 0 Å². The zero-order valence-corrected chi connectivity index (χ0v) is 12.8. The van der Waals surface area contributed by atoms with Crippen LogP contribution in [0.5, 0.6) is 0 Å². The number of nitrogens with zero attached hydrogens (tertiary/aromatic N) is 1. The number of hydrogen-bond acceptors (Lipinski definition) is 2. The Morgan fingerprint density at radius 3 is 2.53 bits per heavy atom. The van der Waals surface area contributed by atoms with Crippen LogP contribution in [0.3, 0.4) is 0 Å². The first-order valence-corrected chi connectivity index (χ1v) is 6.69. The Morgan fingerprint density at radius 1 is 1.26 bits per heavy atom. The summed E-state index contributed by atoms with van der Waals surface area (Å²) in [7, 11) is 2.03. The molecule has 0 saturated heterocycles. The molecule has 19 heavy (non-hydrogen) atoms. The van der Waals surface area contributed by atoms with Crippen molar-refractivity contribution in [1.29, 1.82) is 0 Å². The van der Waals surface area contributed by atoms with E-state index < -0.39 is 0 Å². The topological polar surface area (TPSA) is 12.5 Å². The van der Waals surface area contributed by atoms with Gasteiger partial charge in [-0.05, 0) is 51.4 Å². The summed E-state index contributed by atoms with van der Waals surface area (Å²) in [5, 5.41) is 0. The molecule has 1 rings (SSSR count). The largest absolute Gasteiger partial charge is 0.375 e. The van der Waals surface area contributed by atoms with Crippen molar-refractivity contribution in [3.05, 3.63) is 34.9 Å². The molecule has 0 fully saturated rings. The van der Waals surface area contributed by atoms with Crippen molar-refractivity contribution in [2.45, 2.75) is 39.8 Å². The highest BCUT2D eigenvalue weighted by molar-refractivity contribution is 5.29. The van der Waals surface area contributed by atoms with Gasteiger partial charge in [0.2, 0.25) is 0 Å². The quantitative estimate of drug-likeness (QED) is 0.575. The van der Waals surface area contributed by atoms with Gasteiger partial charge in [-0.15, -0.1) is 6.42 Å². The Bertz CT molecular complexity index is 457. The molecule has 0 aliphatic rings. The fourth-order valence-corrected chi connectivity index (χ4v) is 1.67. The van der Waals surface area contributed by atoms with Crippen molar-refractivity contribution >= 4 is 0 Å². The summed E-state index contributed by atoms with van der Waals surface area (Å²) in [5.41, 5.74) is 3.64. The van der Waals surface area contributed by atoms with E-state index >= 15 is 0 Å². The summed E-state index contributed by atoms with van der Waals surface area (Å²) in [6, 6.07) is 6.45. The normalized spacial score (nSPS) is 11.6. The van der Waals surface area contributed by atoms with Crippen LogP contribution in [-0.4, -0.2) is 30.6 Å². The van der Waals surface area contributed by atoms with Crippen LogP contribution >= 0.6 is 0 Å². The van der Waals surface area contributed by atoms with Crippen molar-refractivity contribution in [2.24, 2.45) is 0 Å². The third-order valence-corrected chi connectivity index (χ3v) is 3.72. The average Bonchev–Trinajstić information content (AvgIpc) is 2.38. The number of terminal acetylenes is 1. The first-order valence-electron chi connectivity index (χ1n) is 6.69. The van der Waals surface area contributed by atoms with Gasteiger partial charge < -0.3 is 4.74 Å². The van der Waals surface area contributed by atoms with Gasteiger partial charge in [-0.1, -0.05) is 24.1 Å². The van der Waals surface area contributed by atoms with Gasteiger partial charge >= 0.3 is 0 Å². The van der Waals surface area contributed by atoms with E-state index in [4.69, 9.17) is 11.2 Å². The SMILES string of the molecule is C#CC(C)(C)N(C)CCOCc1ccc(C)c(C)c1. The number of aryl methyl sites for hydroxylation is 2. The molecule has 0 unspecified atom stereocenters.